The van der Waals surface area contributed by atoms with E-state index in [9.17, 15) is 0 Å². The van der Waals surface area contributed by atoms with Crippen molar-refractivity contribution >= 4 is 15.5 Å². The first kappa shape index (κ1) is 3.58. The van der Waals surface area contributed by atoms with Crippen molar-refractivity contribution < 1.29 is 0 Å². The van der Waals surface area contributed by atoms with Crippen LogP contribution in [0.5, 0.6) is 0 Å². The van der Waals surface area contributed by atoms with Crippen molar-refractivity contribution in [3.63, 3.8) is 0 Å². The molecule has 0 aliphatic carbocycles. The van der Waals surface area contributed by atoms with Crippen LogP contribution in [0.1, 0.15) is 0 Å². The van der Waals surface area contributed by atoms with Crippen molar-refractivity contribution in [2.24, 2.45) is 0 Å². The van der Waals surface area contributed by atoms with Crippen LogP contribution in [0.25, 0.3) is 0 Å². The minimum Gasteiger partial charge on any atom is -0.194 e. The molecule has 0 amide bonds. The van der Waals surface area contributed by atoms with Crippen LogP contribution in [-0.2, 0) is 0 Å². The zero-order valence-electron chi connectivity index (χ0n) is 2.02. The molecule has 0 aromatic carbocycles. The Morgan fingerprint density at radius 1 is 2.00 bits per heavy atom. The van der Waals surface area contributed by atoms with Gasteiger partial charge in [-0.15, -0.1) is 0 Å². The van der Waals surface area contributed by atoms with Crippen molar-refractivity contribution in [2.75, 3.05) is 0 Å². The molecule has 0 aliphatic heterocycles. The van der Waals surface area contributed by atoms with Gasteiger partial charge in [0, 0.05) is 9.85 Å². The van der Waals surface area contributed by atoms with Gasteiger partial charge in [-0.05, 0) is 5.67 Å². The standard InChI is InChI=1S/C2HNSi/c3-1-2-4/h2H. The van der Waals surface area contributed by atoms with E-state index >= 15 is 0 Å². The molecule has 0 unspecified atom stereocenters. The van der Waals surface area contributed by atoms with Gasteiger partial charge < -0.3 is 0 Å². The Balaban J connectivity index is 2.92. The number of hydrogen-bond acceptors (Lipinski definition) is 1. The quantitative estimate of drug-likeness (QED) is 0.350. The summed E-state index contributed by atoms with van der Waals surface area (Å²) >= 11 is 0. The fraction of sp³-hybridized carbons (Fsp3) is 0. The number of rotatable bonds is 0. The zero-order chi connectivity index (χ0) is 3.41. The Morgan fingerprint density at radius 3 is 2.25 bits per heavy atom. The van der Waals surface area contributed by atoms with Crippen molar-refractivity contribution in [3.05, 3.63) is 0 Å². The van der Waals surface area contributed by atoms with E-state index in [0.29, 0.717) is 0 Å². The Bertz CT molecular complexity index is 51.5. The fourth-order valence-electron chi connectivity index (χ4n) is 0. The Kier molecular flexibility index (Phi) is 2.30. The maximum atomic E-state index is 7.52. The van der Waals surface area contributed by atoms with E-state index in [4.69, 9.17) is 5.26 Å². The van der Waals surface area contributed by atoms with Crippen LogP contribution in [0.15, 0.2) is 0 Å². The zero-order valence-corrected chi connectivity index (χ0v) is 3.02. The van der Waals surface area contributed by atoms with E-state index in [1.807, 2.05) is 0 Å². The average molecular weight is 67.1 g/mol. The van der Waals surface area contributed by atoms with Gasteiger partial charge in [-0.3, -0.25) is 0 Å². The van der Waals surface area contributed by atoms with E-state index in [-0.39, 0.29) is 0 Å². The maximum absolute atomic E-state index is 7.52. The van der Waals surface area contributed by atoms with Gasteiger partial charge in [-0.25, -0.2) is 0 Å². The summed E-state index contributed by atoms with van der Waals surface area (Å²) in [5.41, 5.74) is 1.24. The Morgan fingerprint density at radius 2 is 2.25 bits per heavy atom. The first-order valence-electron chi connectivity index (χ1n) is 0.801. The lowest BCUT2D eigenvalue weighted by molar-refractivity contribution is 1.56. The van der Waals surface area contributed by atoms with Gasteiger partial charge in [0.25, 0.3) is 0 Å². The van der Waals surface area contributed by atoms with Gasteiger partial charge in [-0.1, -0.05) is 0 Å². The molecular formula is C2HNSi. The van der Waals surface area contributed by atoms with Crippen LogP contribution in [0.4, 0.5) is 0 Å². The van der Waals surface area contributed by atoms with Gasteiger partial charge in [0.15, 0.2) is 0 Å². The predicted octanol–water partition coefficient (Wildman–Crippen LogP) is -0.519. The molecule has 2 heteroatoms. The van der Waals surface area contributed by atoms with E-state index < -0.39 is 0 Å². The van der Waals surface area contributed by atoms with E-state index in [2.05, 4.69) is 9.85 Å². The Labute approximate surface area is 27.9 Å². The van der Waals surface area contributed by atoms with E-state index in [0.717, 1.165) is 0 Å². The first-order chi connectivity index (χ1) is 1.91. The molecule has 0 fully saturated rings. The molecule has 0 aromatic heterocycles. The second-order valence-corrected chi connectivity index (χ2v) is 0.562. The molecular weight excluding hydrogens is 66.1 g/mol. The van der Waals surface area contributed by atoms with Crippen LogP contribution >= 0.6 is 0 Å². The highest BCUT2D eigenvalue weighted by atomic mass is 28.1. The third-order valence-corrected chi connectivity index (χ3v) is 0.194. The van der Waals surface area contributed by atoms with Gasteiger partial charge in [0.2, 0.25) is 0 Å². The topological polar surface area (TPSA) is 23.8 Å². The number of nitrogens with zero attached hydrogens (tertiary/aromatic N) is 1. The summed E-state index contributed by atoms with van der Waals surface area (Å²) in [6.07, 6.45) is 0. The van der Waals surface area contributed by atoms with Crippen LogP contribution in [0.3, 0.4) is 0 Å². The highest BCUT2D eigenvalue weighted by molar-refractivity contribution is 6.32. The molecule has 1 nitrogen and oxygen atoms in total. The molecule has 0 rings (SSSR count). The molecule has 0 spiro atoms. The largest absolute Gasteiger partial charge is 0.194 e. The van der Waals surface area contributed by atoms with Crippen LogP contribution in [0, 0.1) is 11.3 Å². The fourth-order valence-corrected chi connectivity index (χ4v) is 0. The molecule has 0 saturated heterocycles. The van der Waals surface area contributed by atoms with Crippen molar-refractivity contribution in [2.45, 2.75) is 0 Å². The molecule has 0 bridgehead atoms. The van der Waals surface area contributed by atoms with Crippen LogP contribution in [-0.4, -0.2) is 15.5 Å². The predicted molar refractivity (Wildman–Crippen MR) is 17.4 cm³/mol. The monoisotopic (exact) mass is 67.0 g/mol. The van der Waals surface area contributed by atoms with Gasteiger partial charge >= 0.3 is 0 Å². The summed E-state index contributed by atoms with van der Waals surface area (Å²) in [4.78, 5) is 0. The second kappa shape index (κ2) is 2.58. The van der Waals surface area contributed by atoms with Gasteiger partial charge in [0.1, 0.15) is 0 Å². The van der Waals surface area contributed by atoms with Gasteiger partial charge in [-0.2, -0.15) is 5.26 Å². The second-order valence-electron chi connectivity index (χ2n) is 0.273. The van der Waals surface area contributed by atoms with Crippen molar-refractivity contribution in [1.82, 2.24) is 0 Å². The minimum atomic E-state index is 1.24. The molecule has 0 N–H and O–H groups in total. The van der Waals surface area contributed by atoms with Crippen LogP contribution in [0.2, 0.25) is 0 Å². The number of nitriles is 1. The highest BCUT2D eigenvalue weighted by Crippen LogP contribution is 1.17. The lowest BCUT2D eigenvalue weighted by Crippen LogP contribution is -1.50. The molecule has 0 saturated carbocycles. The molecule has 0 aliphatic rings. The summed E-state index contributed by atoms with van der Waals surface area (Å²) in [6, 6.07) is 1.72. The summed E-state index contributed by atoms with van der Waals surface area (Å²) < 4.78 is 0. The summed E-state index contributed by atoms with van der Waals surface area (Å²) in [6.45, 7) is 0. The lowest BCUT2D eigenvalue weighted by Gasteiger charge is -1.30. The molecule has 18 valence electrons. The SMILES string of the molecule is N#CC=[Si]. The third-order valence-electron chi connectivity index (χ3n) is 0.0645. The van der Waals surface area contributed by atoms with Crippen molar-refractivity contribution in [1.29, 1.82) is 5.26 Å². The average Bonchev–Trinajstić information content (AvgIpc) is 1.37. The first-order valence-corrected chi connectivity index (χ1v) is 1.38. The van der Waals surface area contributed by atoms with E-state index in [1.165, 1.54) is 5.67 Å². The smallest absolute Gasteiger partial charge is 0.0859 e. The molecule has 0 atom stereocenters. The number of hydrogen-bond donors (Lipinski definition) is 0. The van der Waals surface area contributed by atoms with Gasteiger partial charge in [0.05, 0.1) is 6.07 Å². The minimum absolute atomic E-state index is 1.24. The molecule has 4 heavy (non-hydrogen) atoms. The van der Waals surface area contributed by atoms with E-state index in [1.54, 1.807) is 6.07 Å². The summed E-state index contributed by atoms with van der Waals surface area (Å²) in [5.74, 6) is 0. The summed E-state index contributed by atoms with van der Waals surface area (Å²) in [5, 5.41) is 7.52. The van der Waals surface area contributed by atoms with Crippen LogP contribution < -0.4 is 0 Å². The molecule has 2 radical (unpaired) electrons. The Hall–Kier alpha value is -0.423. The lowest BCUT2D eigenvalue weighted by atomic mass is 10.9. The molecule has 0 heterocycles. The summed E-state index contributed by atoms with van der Waals surface area (Å²) in [7, 11) is 2.80. The highest BCUT2D eigenvalue weighted by Gasteiger charge is 1.34. The normalized spacial score (nSPS) is 3.75. The van der Waals surface area contributed by atoms with Crippen molar-refractivity contribution in [3.8, 4) is 6.07 Å². The molecule has 0 aromatic rings. The maximum Gasteiger partial charge on any atom is 0.0859 e. The third kappa shape index (κ3) is 1.58.